The Labute approximate surface area is 218 Å². The summed E-state index contributed by atoms with van der Waals surface area (Å²) in [5, 5.41) is 9.61. The van der Waals surface area contributed by atoms with E-state index in [1.807, 2.05) is 25.2 Å². The second kappa shape index (κ2) is 15.2. The van der Waals surface area contributed by atoms with Gasteiger partial charge in [-0.3, -0.25) is 0 Å². The molecule has 3 atom stereocenters. The molecule has 36 heavy (non-hydrogen) atoms. The van der Waals surface area contributed by atoms with Crippen molar-refractivity contribution >= 4 is 23.7 Å². The smallest absolute Gasteiger partial charge is 0.406 e. The van der Waals surface area contributed by atoms with E-state index in [0.717, 1.165) is 38.0 Å². The number of hydrogen-bond donors (Lipinski definition) is 3. The van der Waals surface area contributed by atoms with Crippen LogP contribution in [0.5, 0.6) is 0 Å². The summed E-state index contributed by atoms with van der Waals surface area (Å²) >= 11 is 6.24. The monoisotopic (exact) mass is 526 g/mol. The van der Waals surface area contributed by atoms with Gasteiger partial charge in [-0.15, -0.1) is 0 Å². The maximum Gasteiger partial charge on any atom is 0.406 e. The molecule has 2 aliphatic heterocycles. The molecule has 1 aromatic carbocycles. The van der Waals surface area contributed by atoms with Gasteiger partial charge in [0.25, 0.3) is 0 Å². The van der Waals surface area contributed by atoms with Gasteiger partial charge in [-0.1, -0.05) is 23.7 Å². The van der Waals surface area contributed by atoms with Gasteiger partial charge in [-0.2, -0.15) is 0 Å². The summed E-state index contributed by atoms with van der Waals surface area (Å²) in [6.07, 6.45) is 1.60. The number of likely N-dealkylation sites (N-methyl/N-ethyl adjacent to an activating group) is 1. The van der Waals surface area contributed by atoms with Crippen LogP contribution in [0.25, 0.3) is 0 Å². The fourth-order valence-corrected chi connectivity index (χ4v) is 4.84. The van der Waals surface area contributed by atoms with Crippen LogP contribution < -0.4 is 16.0 Å². The van der Waals surface area contributed by atoms with E-state index in [9.17, 15) is 9.59 Å². The Balaban J connectivity index is 1.62. The molecule has 0 aromatic heterocycles. The van der Waals surface area contributed by atoms with E-state index in [1.165, 1.54) is 7.11 Å². The molecule has 0 aliphatic carbocycles. The molecular weight excluding hydrogens is 488 g/mol. The van der Waals surface area contributed by atoms with Crippen LogP contribution >= 0.6 is 11.6 Å². The van der Waals surface area contributed by atoms with Gasteiger partial charge in [0.2, 0.25) is 0 Å². The van der Waals surface area contributed by atoms with Crippen molar-refractivity contribution in [3.63, 3.8) is 0 Å². The number of carbonyl (C=O) groups is 2. The van der Waals surface area contributed by atoms with Crippen LogP contribution in [0.3, 0.4) is 0 Å². The summed E-state index contributed by atoms with van der Waals surface area (Å²) < 4.78 is 22.3. The Morgan fingerprint density at radius 2 is 2.06 bits per heavy atom. The van der Waals surface area contributed by atoms with Crippen LogP contribution in [-0.4, -0.2) is 95.9 Å². The number of halogens is 1. The number of amides is 3. The lowest BCUT2D eigenvalue weighted by atomic mass is 9.92. The highest BCUT2D eigenvalue weighted by Gasteiger charge is 2.33. The molecule has 0 bridgehead atoms. The van der Waals surface area contributed by atoms with Gasteiger partial charge in [0.1, 0.15) is 12.2 Å². The van der Waals surface area contributed by atoms with Crippen molar-refractivity contribution in [2.75, 3.05) is 66.8 Å². The highest BCUT2D eigenvalue weighted by molar-refractivity contribution is 6.30. The minimum atomic E-state index is -0.522. The Bertz CT molecular complexity index is 825. The van der Waals surface area contributed by atoms with Crippen LogP contribution in [0.2, 0.25) is 5.02 Å². The molecule has 3 N–H and O–H groups in total. The summed E-state index contributed by atoms with van der Waals surface area (Å²) in [6.45, 7) is 4.07. The molecule has 202 valence electrons. The molecule has 3 amide bonds. The molecule has 2 heterocycles. The van der Waals surface area contributed by atoms with Gasteiger partial charge in [0.05, 0.1) is 26.9 Å². The van der Waals surface area contributed by atoms with Crippen molar-refractivity contribution in [2.24, 2.45) is 5.92 Å². The molecule has 0 saturated carbocycles. The molecule has 0 spiro atoms. The van der Waals surface area contributed by atoms with Crippen molar-refractivity contribution < 1.29 is 28.5 Å². The van der Waals surface area contributed by atoms with Gasteiger partial charge in [0.15, 0.2) is 0 Å². The minimum Gasteiger partial charge on any atom is -0.453 e. The second-order valence-corrected chi connectivity index (χ2v) is 9.55. The maximum absolute atomic E-state index is 13.2. The van der Waals surface area contributed by atoms with E-state index in [0.29, 0.717) is 37.2 Å². The first-order valence-corrected chi connectivity index (χ1v) is 13.0. The van der Waals surface area contributed by atoms with Crippen molar-refractivity contribution in [3.8, 4) is 0 Å². The number of methoxy groups -OCH3 is 1. The maximum atomic E-state index is 13.2. The number of morpholine rings is 1. The number of carbonyl (C=O) groups excluding carboxylic acids is 2. The summed E-state index contributed by atoms with van der Waals surface area (Å²) in [6, 6.07) is 7.34. The number of hydrogen-bond acceptors (Lipinski definition) is 7. The van der Waals surface area contributed by atoms with Gasteiger partial charge in [-0.05, 0) is 49.9 Å². The number of rotatable bonds is 11. The zero-order valence-electron chi connectivity index (χ0n) is 21.2. The zero-order chi connectivity index (χ0) is 25.8. The lowest BCUT2D eigenvalue weighted by Crippen LogP contribution is -2.54. The summed E-state index contributed by atoms with van der Waals surface area (Å²) in [5.41, 5.74) is 0.848. The Morgan fingerprint density at radius 1 is 1.25 bits per heavy atom. The predicted molar refractivity (Wildman–Crippen MR) is 136 cm³/mol. The summed E-state index contributed by atoms with van der Waals surface area (Å²) in [5.74, 6) is 0.550. The Hall–Kier alpha value is -2.11. The van der Waals surface area contributed by atoms with E-state index in [-0.39, 0.29) is 31.3 Å². The van der Waals surface area contributed by atoms with Crippen LogP contribution in [0.1, 0.15) is 30.9 Å². The molecule has 0 radical (unpaired) electrons. The third-order valence-corrected chi connectivity index (χ3v) is 6.72. The molecule has 10 nitrogen and oxygen atoms in total. The third kappa shape index (κ3) is 9.08. The highest BCUT2D eigenvalue weighted by atomic mass is 35.5. The van der Waals surface area contributed by atoms with Gasteiger partial charge >= 0.3 is 12.1 Å². The van der Waals surface area contributed by atoms with Gasteiger partial charge in [-0.25, -0.2) is 9.59 Å². The van der Waals surface area contributed by atoms with Crippen molar-refractivity contribution in [2.45, 2.75) is 37.5 Å². The number of alkyl carbamates (subject to hydrolysis) is 1. The average Bonchev–Trinajstić information content (AvgIpc) is 2.89. The highest BCUT2D eigenvalue weighted by Crippen LogP contribution is 2.28. The van der Waals surface area contributed by atoms with E-state index < -0.39 is 12.2 Å². The Kier molecular flexibility index (Phi) is 12.0. The topological polar surface area (TPSA) is 110 Å². The standard InChI is InChI=1S/C25H39ClN4O6/c1-27-16-21(14-18-6-10-34-11-7-18)29-24(31)30-9-13-35-22(17-30)23(19-4-3-5-20(26)15-19)36-12-8-28-25(32)33-2/h3-5,15,18,21-23,27H,6-14,16-17H2,1-2H3,(H,28,32)(H,29,31)/t21-,22+,23?/m0/s1. The first kappa shape index (κ1) is 28.5. The van der Waals surface area contributed by atoms with E-state index in [2.05, 4.69) is 20.7 Å². The number of nitrogens with one attached hydrogen (secondary N) is 3. The first-order valence-electron chi connectivity index (χ1n) is 12.6. The van der Waals surface area contributed by atoms with Crippen LogP contribution in [-0.2, 0) is 18.9 Å². The molecular formula is C25H39ClN4O6. The molecule has 1 aromatic rings. The fraction of sp³-hybridized carbons (Fsp3) is 0.680. The molecule has 2 fully saturated rings. The van der Waals surface area contributed by atoms with Crippen LogP contribution in [0.15, 0.2) is 24.3 Å². The van der Waals surface area contributed by atoms with E-state index >= 15 is 0 Å². The fourth-order valence-electron chi connectivity index (χ4n) is 4.65. The first-order chi connectivity index (χ1) is 17.5. The predicted octanol–water partition coefficient (Wildman–Crippen LogP) is 2.57. The van der Waals surface area contributed by atoms with Gasteiger partial charge < -0.3 is 39.8 Å². The lowest BCUT2D eigenvalue weighted by Gasteiger charge is -2.38. The SMILES string of the molecule is CNC[C@H](CC1CCOCC1)NC(=O)N1CCO[C@@H](C(OCCNC(=O)OC)c2cccc(Cl)c2)C1. The number of benzene rings is 1. The van der Waals surface area contributed by atoms with E-state index in [1.54, 1.807) is 11.0 Å². The minimum absolute atomic E-state index is 0.0382. The number of nitrogens with zero attached hydrogens (tertiary/aromatic N) is 1. The molecule has 1 unspecified atom stereocenters. The quantitative estimate of drug-likeness (QED) is 0.380. The van der Waals surface area contributed by atoms with Crippen molar-refractivity contribution in [3.05, 3.63) is 34.9 Å². The molecule has 2 saturated heterocycles. The lowest BCUT2D eigenvalue weighted by molar-refractivity contribution is -0.105. The Morgan fingerprint density at radius 3 is 2.78 bits per heavy atom. The van der Waals surface area contributed by atoms with Gasteiger partial charge in [0, 0.05) is 43.9 Å². The number of urea groups is 1. The van der Waals surface area contributed by atoms with Crippen molar-refractivity contribution in [1.29, 1.82) is 0 Å². The normalized spacial score (nSPS) is 20.4. The molecule has 11 heteroatoms. The zero-order valence-corrected chi connectivity index (χ0v) is 21.9. The summed E-state index contributed by atoms with van der Waals surface area (Å²) in [4.78, 5) is 26.4. The van der Waals surface area contributed by atoms with Crippen LogP contribution in [0.4, 0.5) is 9.59 Å². The average molecular weight is 527 g/mol. The summed E-state index contributed by atoms with van der Waals surface area (Å²) in [7, 11) is 3.21. The van der Waals surface area contributed by atoms with Crippen LogP contribution in [0, 0.1) is 5.92 Å². The van der Waals surface area contributed by atoms with Crippen molar-refractivity contribution in [1.82, 2.24) is 20.9 Å². The molecule has 3 rings (SSSR count). The molecule has 2 aliphatic rings. The van der Waals surface area contributed by atoms with E-state index in [4.69, 9.17) is 25.8 Å². The second-order valence-electron chi connectivity index (χ2n) is 9.12. The third-order valence-electron chi connectivity index (χ3n) is 6.49. The largest absolute Gasteiger partial charge is 0.453 e. The number of ether oxygens (including phenoxy) is 4.